The van der Waals surface area contributed by atoms with Crippen LogP contribution in [-0.4, -0.2) is 112 Å². The molecule has 0 unspecified atom stereocenters. The van der Waals surface area contributed by atoms with E-state index in [1.807, 2.05) is 0 Å². The van der Waals surface area contributed by atoms with E-state index >= 15 is 0 Å². The average Bonchev–Trinajstić information content (AvgIpc) is 2.97. The highest BCUT2D eigenvalue weighted by Gasteiger charge is 2.31. The van der Waals surface area contributed by atoms with Crippen LogP contribution in [0.15, 0.2) is 35.3 Å². The lowest BCUT2D eigenvalue weighted by molar-refractivity contribution is -0.143. The van der Waals surface area contributed by atoms with Crippen LogP contribution in [0.2, 0.25) is 0 Å². The number of aliphatic hydroxyl groups is 2. The molecule has 4 amide bonds. The summed E-state index contributed by atoms with van der Waals surface area (Å²) in [6.07, 6.45) is -0.627. The van der Waals surface area contributed by atoms with Crippen molar-refractivity contribution in [2.24, 2.45) is 22.2 Å². The highest BCUT2D eigenvalue weighted by atomic mass is 16.4. The maximum atomic E-state index is 13.2. The Balaban J connectivity index is 3.00. The number of benzene rings is 1. The molecule has 0 aliphatic carbocycles. The molecule has 244 valence electrons. The van der Waals surface area contributed by atoms with Crippen molar-refractivity contribution in [3.63, 3.8) is 0 Å². The molecule has 0 aliphatic heterocycles. The number of nitrogens with one attached hydrogen (secondary N) is 4. The van der Waals surface area contributed by atoms with E-state index in [0.717, 1.165) is 0 Å². The maximum absolute atomic E-state index is 13.2. The SMILES string of the molecule is NC(N)=NCCC[C@H](N)C(=O)N[C@@H](CO)C(=O)N[C@@H](Cc1ccccc1)C(=O)N[C@@H](CO)C(=O)N[C@@H](CCC(=O)O)C(=O)O. The van der Waals surface area contributed by atoms with Gasteiger partial charge in [-0.25, -0.2) is 4.79 Å². The summed E-state index contributed by atoms with van der Waals surface area (Å²) in [7, 11) is 0. The molecule has 18 heteroatoms. The Morgan fingerprint density at radius 3 is 1.73 bits per heavy atom. The van der Waals surface area contributed by atoms with Crippen molar-refractivity contribution < 1.29 is 49.2 Å². The standard InChI is InChI=1S/C26H40N8O10/c27-15(7-4-10-30-26(28)29)21(39)33-18(12-35)24(42)32-17(11-14-5-2-1-3-6-14)22(40)34-19(13-36)23(41)31-16(25(43)44)8-9-20(37)38/h1-3,5-6,15-19,35-36H,4,7-13,27H2,(H,31,41)(H,32,42)(H,33,39)(H,34,40)(H,37,38)(H,43,44)(H4,28,29,30)/t15-,16-,17-,18-,19-/m0/s1. The van der Waals surface area contributed by atoms with Crippen molar-refractivity contribution >= 4 is 41.5 Å². The molecule has 0 aromatic heterocycles. The van der Waals surface area contributed by atoms with Gasteiger partial charge in [-0.15, -0.1) is 0 Å². The Kier molecular flexibility index (Phi) is 16.4. The van der Waals surface area contributed by atoms with Crippen molar-refractivity contribution in [2.75, 3.05) is 19.8 Å². The Morgan fingerprint density at radius 1 is 0.727 bits per heavy atom. The smallest absolute Gasteiger partial charge is 0.326 e. The van der Waals surface area contributed by atoms with Crippen LogP contribution in [0.4, 0.5) is 0 Å². The number of hydrogen-bond acceptors (Lipinski definition) is 10. The van der Waals surface area contributed by atoms with Gasteiger partial charge in [0.1, 0.15) is 24.2 Å². The van der Waals surface area contributed by atoms with Gasteiger partial charge in [-0.05, 0) is 24.8 Å². The molecular weight excluding hydrogens is 584 g/mol. The summed E-state index contributed by atoms with van der Waals surface area (Å²) >= 11 is 0. The van der Waals surface area contributed by atoms with Crippen molar-refractivity contribution in [2.45, 2.75) is 62.3 Å². The molecule has 14 N–H and O–H groups in total. The van der Waals surface area contributed by atoms with E-state index in [4.69, 9.17) is 22.3 Å². The Hall–Kier alpha value is -4.81. The van der Waals surface area contributed by atoms with Gasteiger partial charge >= 0.3 is 11.9 Å². The van der Waals surface area contributed by atoms with Gasteiger partial charge in [0.15, 0.2) is 5.96 Å². The molecule has 1 aromatic carbocycles. The van der Waals surface area contributed by atoms with Gasteiger partial charge < -0.3 is 58.9 Å². The lowest BCUT2D eigenvalue weighted by Crippen LogP contribution is -2.60. The molecule has 44 heavy (non-hydrogen) atoms. The van der Waals surface area contributed by atoms with E-state index in [1.54, 1.807) is 30.3 Å². The molecule has 0 radical (unpaired) electrons. The molecule has 0 saturated carbocycles. The number of aliphatic imine (C=N–C) groups is 1. The fourth-order valence-electron chi connectivity index (χ4n) is 3.72. The van der Waals surface area contributed by atoms with Crippen molar-refractivity contribution in [1.82, 2.24) is 21.3 Å². The minimum atomic E-state index is -1.67. The molecule has 0 bridgehead atoms. The highest BCUT2D eigenvalue weighted by molar-refractivity contribution is 5.95. The predicted octanol–water partition coefficient (Wildman–Crippen LogP) is -4.52. The first kappa shape index (κ1) is 37.2. The second-order valence-electron chi connectivity index (χ2n) is 9.63. The molecule has 5 atom stereocenters. The van der Waals surface area contributed by atoms with E-state index < -0.39 is 91.8 Å². The van der Waals surface area contributed by atoms with Gasteiger partial charge in [-0.1, -0.05) is 30.3 Å². The second-order valence-corrected chi connectivity index (χ2v) is 9.63. The molecule has 0 spiro atoms. The summed E-state index contributed by atoms with van der Waals surface area (Å²) in [4.78, 5) is 77.4. The summed E-state index contributed by atoms with van der Waals surface area (Å²) in [5.41, 5.74) is 16.9. The fraction of sp³-hybridized carbons (Fsp3) is 0.500. The Labute approximate surface area is 252 Å². The maximum Gasteiger partial charge on any atom is 0.326 e. The number of hydrogen-bond donors (Lipinski definition) is 11. The van der Waals surface area contributed by atoms with Crippen LogP contribution in [0, 0.1) is 0 Å². The van der Waals surface area contributed by atoms with E-state index in [-0.39, 0.29) is 25.3 Å². The lowest BCUT2D eigenvalue weighted by Gasteiger charge is -2.25. The molecule has 18 nitrogen and oxygen atoms in total. The predicted molar refractivity (Wildman–Crippen MR) is 154 cm³/mol. The first-order valence-electron chi connectivity index (χ1n) is 13.5. The van der Waals surface area contributed by atoms with Crippen LogP contribution < -0.4 is 38.5 Å². The Morgan fingerprint density at radius 2 is 1.23 bits per heavy atom. The minimum Gasteiger partial charge on any atom is -0.481 e. The molecule has 0 saturated heterocycles. The number of carboxylic acid groups (broad SMARTS) is 2. The largest absolute Gasteiger partial charge is 0.481 e. The number of aliphatic carboxylic acids is 2. The van der Waals surface area contributed by atoms with Crippen LogP contribution in [0.5, 0.6) is 0 Å². The van der Waals surface area contributed by atoms with Gasteiger partial charge in [0.2, 0.25) is 23.6 Å². The average molecular weight is 625 g/mol. The number of guanidine groups is 1. The zero-order chi connectivity index (χ0) is 33.2. The highest BCUT2D eigenvalue weighted by Crippen LogP contribution is 2.06. The third-order valence-electron chi connectivity index (χ3n) is 6.11. The van der Waals surface area contributed by atoms with E-state index in [0.29, 0.717) is 12.0 Å². The number of rotatable bonds is 20. The van der Waals surface area contributed by atoms with Crippen LogP contribution >= 0.6 is 0 Å². The fourth-order valence-corrected chi connectivity index (χ4v) is 3.72. The number of carbonyl (C=O) groups excluding carboxylic acids is 4. The molecule has 1 rings (SSSR count). The van der Waals surface area contributed by atoms with Crippen molar-refractivity contribution in [3.05, 3.63) is 35.9 Å². The lowest BCUT2D eigenvalue weighted by atomic mass is 10.0. The Bertz CT molecular complexity index is 1160. The van der Waals surface area contributed by atoms with Crippen LogP contribution in [0.25, 0.3) is 0 Å². The summed E-state index contributed by atoms with van der Waals surface area (Å²) in [5, 5.41) is 46.6. The number of nitrogens with zero attached hydrogens (tertiary/aromatic N) is 1. The van der Waals surface area contributed by atoms with Gasteiger partial charge in [0.05, 0.1) is 19.3 Å². The first-order chi connectivity index (χ1) is 20.8. The number of nitrogens with two attached hydrogens (primary N) is 3. The molecule has 1 aromatic rings. The zero-order valence-electron chi connectivity index (χ0n) is 23.8. The summed E-state index contributed by atoms with van der Waals surface area (Å²) < 4.78 is 0. The van der Waals surface area contributed by atoms with Crippen molar-refractivity contribution in [3.8, 4) is 0 Å². The third kappa shape index (κ3) is 13.9. The number of aliphatic hydroxyl groups excluding tert-OH is 2. The molecule has 0 aliphatic rings. The topological polar surface area (TPSA) is 322 Å². The van der Waals surface area contributed by atoms with Gasteiger partial charge in [0, 0.05) is 19.4 Å². The monoisotopic (exact) mass is 624 g/mol. The molecular formula is C26H40N8O10. The third-order valence-corrected chi connectivity index (χ3v) is 6.11. The van der Waals surface area contributed by atoms with Crippen LogP contribution in [0.3, 0.4) is 0 Å². The van der Waals surface area contributed by atoms with Gasteiger partial charge in [-0.2, -0.15) is 0 Å². The number of carbonyl (C=O) groups is 6. The van der Waals surface area contributed by atoms with Crippen LogP contribution in [0.1, 0.15) is 31.2 Å². The summed E-state index contributed by atoms with van der Waals surface area (Å²) in [5.74, 6) is -6.75. The normalized spacial score (nSPS) is 14.1. The molecule has 0 fully saturated rings. The minimum absolute atomic E-state index is 0.120. The van der Waals surface area contributed by atoms with Crippen LogP contribution in [-0.2, 0) is 35.2 Å². The van der Waals surface area contributed by atoms with E-state index in [2.05, 4.69) is 26.3 Å². The number of carboxylic acids is 2. The van der Waals surface area contributed by atoms with Gasteiger partial charge in [0.25, 0.3) is 0 Å². The summed E-state index contributed by atoms with van der Waals surface area (Å²) in [6, 6.07) is 1.09. The second kappa shape index (κ2) is 19.4. The van der Waals surface area contributed by atoms with E-state index in [9.17, 15) is 44.1 Å². The van der Waals surface area contributed by atoms with Gasteiger partial charge in [-0.3, -0.25) is 29.0 Å². The van der Waals surface area contributed by atoms with E-state index in [1.165, 1.54) is 0 Å². The van der Waals surface area contributed by atoms with Crippen molar-refractivity contribution in [1.29, 1.82) is 0 Å². The quantitative estimate of drug-likeness (QED) is 0.0370. The molecule has 0 heterocycles. The number of amides is 4. The summed E-state index contributed by atoms with van der Waals surface area (Å²) in [6.45, 7) is -1.60. The zero-order valence-corrected chi connectivity index (χ0v) is 23.8. The first-order valence-corrected chi connectivity index (χ1v) is 13.5.